The van der Waals surface area contributed by atoms with Gasteiger partial charge in [-0.05, 0) is 143 Å². The Labute approximate surface area is 348 Å². The number of hydrogen-bond donors (Lipinski definition) is 0. The Bertz CT molecular complexity index is 2160. The predicted molar refractivity (Wildman–Crippen MR) is 252 cm³/mol. The van der Waals surface area contributed by atoms with Crippen LogP contribution in [0.3, 0.4) is 0 Å². The molecule has 0 aromatic heterocycles. The van der Waals surface area contributed by atoms with Crippen LogP contribution in [0.5, 0.6) is 0 Å². The van der Waals surface area contributed by atoms with Crippen molar-refractivity contribution >= 4 is 34.1 Å². The Hall–Kier alpha value is -5.86. The summed E-state index contributed by atoms with van der Waals surface area (Å²) < 4.78 is 0. The van der Waals surface area contributed by atoms with Crippen molar-refractivity contribution in [2.24, 2.45) is 0 Å². The van der Waals surface area contributed by atoms with Crippen LogP contribution in [0.2, 0.25) is 0 Å². The first kappa shape index (κ1) is 40.3. The lowest BCUT2D eigenvalue weighted by Gasteiger charge is -2.28. The molecular weight excluding hydrogens is 701 g/mol. The Morgan fingerprint density at radius 3 is 0.914 bits per heavy atom. The maximum Gasteiger partial charge on any atom is 0.0493 e. The minimum atomic E-state index is 0.496. The molecule has 0 fully saturated rings. The summed E-state index contributed by atoms with van der Waals surface area (Å²) >= 11 is 0. The molecule has 0 aliphatic heterocycles. The monoisotopic (exact) mass is 760 g/mol. The highest BCUT2D eigenvalue weighted by Crippen LogP contribution is 2.41. The summed E-state index contributed by atoms with van der Waals surface area (Å²) in [6.07, 6.45) is 6.84. The van der Waals surface area contributed by atoms with Crippen molar-refractivity contribution in [3.63, 3.8) is 0 Å². The van der Waals surface area contributed by atoms with Gasteiger partial charge in [-0.1, -0.05) is 164 Å². The van der Waals surface area contributed by atoms with E-state index in [1.54, 1.807) is 0 Å². The smallest absolute Gasteiger partial charge is 0.0493 e. The van der Waals surface area contributed by atoms with Crippen molar-refractivity contribution in [3.8, 4) is 22.3 Å². The summed E-state index contributed by atoms with van der Waals surface area (Å²) in [4.78, 5) is 4.86. The maximum absolute atomic E-state index is 2.43. The second kappa shape index (κ2) is 19.1. The van der Waals surface area contributed by atoms with Crippen LogP contribution in [0.4, 0.5) is 34.1 Å². The van der Waals surface area contributed by atoms with Crippen LogP contribution in [-0.2, 0) is 12.8 Å². The van der Waals surface area contributed by atoms with Gasteiger partial charge in [-0.15, -0.1) is 0 Å². The van der Waals surface area contributed by atoms with Crippen LogP contribution in [-0.4, -0.2) is 0 Å². The normalized spacial score (nSPS) is 11.3. The first-order valence-electron chi connectivity index (χ1n) is 21.6. The molecule has 0 N–H and O–H groups in total. The van der Waals surface area contributed by atoms with E-state index in [4.69, 9.17) is 0 Å². The van der Waals surface area contributed by atoms with Gasteiger partial charge in [0.25, 0.3) is 0 Å². The molecule has 2 heteroatoms. The summed E-state index contributed by atoms with van der Waals surface area (Å²) in [6, 6.07) is 63.2. The van der Waals surface area contributed by atoms with Gasteiger partial charge in [0.1, 0.15) is 0 Å². The molecule has 7 aromatic carbocycles. The highest BCUT2D eigenvalue weighted by molar-refractivity contribution is 5.82. The van der Waals surface area contributed by atoms with E-state index in [0.717, 1.165) is 12.8 Å². The van der Waals surface area contributed by atoms with E-state index in [9.17, 15) is 0 Å². The lowest BCUT2D eigenvalue weighted by Crippen LogP contribution is -2.12. The molecule has 0 saturated carbocycles. The molecule has 7 aromatic rings. The van der Waals surface area contributed by atoms with Gasteiger partial charge in [0, 0.05) is 34.1 Å². The molecular formula is C56H60N2. The minimum absolute atomic E-state index is 0.496. The van der Waals surface area contributed by atoms with Crippen molar-refractivity contribution in [2.45, 2.75) is 91.9 Å². The fourth-order valence-electron chi connectivity index (χ4n) is 7.95. The third-order valence-corrected chi connectivity index (χ3v) is 11.5. The van der Waals surface area contributed by atoms with Crippen LogP contribution in [0, 0.1) is 0 Å². The number of aryl methyl sites for hydroxylation is 2. The van der Waals surface area contributed by atoms with E-state index < -0.39 is 0 Å². The molecule has 294 valence electrons. The molecule has 0 radical (unpaired) electrons. The first-order valence-corrected chi connectivity index (χ1v) is 21.6. The van der Waals surface area contributed by atoms with Crippen LogP contribution in [0.1, 0.15) is 101 Å². The lowest BCUT2D eigenvalue weighted by molar-refractivity contribution is 0.794. The van der Waals surface area contributed by atoms with Gasteiger partial charge in [-0.3, -0.25) is 0 Å². The van der Waals surface area contributed by atoms with E-state index in [2.05, 4.69) is 221 Å². The zero-order valence-corrected chi connectivity index (χ0v) is 35.5. The quantitative estimate of drug-likeness (QED) is 0.0968. The Morgan fingerprint density at radius 2 is 0.621 bits per heavy atom. The third kappa shape index (κ3) is 9.29. The molecule has 0 atom stereocenters. The van der Waals surface area contributed by atoms with E-state index in [1.807, 2.05) is 0 Å². The highest BCUT2D eigenvalue weighted by Gasteiger charge is 2.18. The number of hydrogen-bond acceptors (Lipinski definition) is 2. The second-order valence-corrected chi connectivity index (χ2v) is 16.3. The Balaban J connectivity index is 1.15. The molecule has 0 heterocycles. The largest absolute Gasteiger partial charge is 0.310 e. The van der Waals surface area contributed by atoms with Gasteiger partial charge in [0.05, 0.1) is 0 Å². The molecule has 0 amide bonds. The van der Waals surface area contributed by atoms with Gasteiger partial charge < -0.3 is 9.80 Å². The van der Waals surface area contributed by atoms with Crippen LogP contribution in [0.15, 0.2) is 170 Å². The third-order valence-electron chi connectivity index (χ3n) is 11.5. The molecule has 58 heavy (non-hydrogen) atoms. The molecule has 0 spiro atoms. The summed E-state index contributed by atoms with van der Waals surface area (Å²) in [6.45, 7) is 13.6. The fraction of sp³-hybridized carbons (Fsp3) is 0.250. The zero-order valence-electron chi connectivity index (χ0n) is 35.5. The Morgan fingerprint density at radius 1 is 0.345 bits per heavy atom. The summed E-state index contributed by atoms with van der Waals surface area (Å²) in [5.74, 6) is 0.993. The van der Waals surface area contributed by atoms with E-state index in [0.29, 0.717) is 11.8 Å². The molecule has 0 aliphatic rings. The molecule has 0 bridgehead atoms. The molecule has 2 nitrogen and oxygen atoms in total. The van der Waals surface area contributed by atoms with Crippen molar-refractivity contribution < 1.29 is 0 Å². The number of anilines is 6. The predicted octanol–water partition coefficient (Wildman–Crippen LogP) is 16.9. The van der Waals surface area contributed by atoms with Gasteiger partial charge in [-0.2, -0.15) is 0 Å². The standard InChI is InChI=1S/C56H60N2/c1-7-9-15-49-17-11-13-19-55(49)57(51-33-25-43(26-34-51)41(3)4)53-37-29-47(30-38-53)45-21-23-46(24-22-45)48-31-39-54(40-32-48)58(52-35-27-44(28-36-52)42(5)6)56-20-14-12-18-50(56)16-10-8-2/h11-14,17-42H,7-10,15-16H2,1-6H3. The Kier molecular flexibility index (Phi) is 13.3. The van der Waals surface area contributed by atoms with E-state index in [1.165, 1.54) is 104 Å². The molecule has 0 unspecified atom stereocenters. The maximum atomic E-state index is 2.43. The average Bonchev–Trinajstić information content (AvgIpc) is 3.27. The average molecular weight is 761 g/mol. The second-order valence-electron chi connectivity index (χ2n) is 16.3. The van der Waals surface area contributed by atoms with Gasteiger partial charge in [-0.25, -0.2) is 0 Å². The van der Waals surface area contributed by atoms with Crippen molar-refractivity contribution in [1.29, 1.82) is 0 Å². The van der Waals surface area contributed by atoms with E-state index in [-0.39, 0.29) is 0 Å². The molecule has 7 rings (SSSR count). The van der Waals surface area contributed by atoms with Crippen molar-refractivity contribution in [2.75, 3.05) is 9.80 Å². The first-order chi connectivity index (χ1) is 28.3. The van der Waals surface area contributed by atoms with Crippen LogP contribution < -0.4 is 9.80 Å². The van der Waals surface area contributed by atoms with Gasteiger partial charge in [0.2, 0.25) is 0 Å². The fourth-order valence-corrected chi connectivity index (χ4v) is 7.95. The van der Waals surface area contributed by atoms with Crippen molar-refractivity contribution in [1.82, 2.24) is 0 Å². The van der Waals surface area contributed by atoms with Crippen LogP contribution >= 0.6 is 0 Å². The summed E-state index contributed by atoms with van der Waals surface area (Å²) in [5.41, 5.74) is 17.5. The molecule has 0 saturated heterocycles. The SMILES string of the molecule is CCCCc1ccccc1N(c1ccc(-c2ccc(-c3ccc(N(c4ccc(C(C)C)cc4)c4ccccc4CCCC)cc3)cc2)cc1)c1ccc(C(C)C)cc1. The zero-order chi connectivity index (χ0) is 40.4. The molecule has 0 aliphatic carbocycles. The lowest BCUT2D eigenvalue weighted by atomic mass is 9.98. The number of para-hydroxylation sites is 2. The van der Waals surface area contributed by atoms with Crippen LogP contribution in [0.25, 0.3) is 22.3 Å². The minimum Gasteiger partial charge on any atom is -0.310 e. The van der Waals surface area contributed by atoms with Gasteiger partial charge >= 0.3 is 0 Å². The number of benzene rings is 7. The number of rotatable bonds is 16. The number of nitrogens with zero attached hydrogens (tertiary/aromatic N) is 2. The van der Waals surface area contributed by atoms with Crippen molar-refractivity contribution in [3.05, 3.63) is 192 Å². The number of unbranched alkanes of at least 4 members (excludes halogenated alkanes) is 2. The topological polar surface area (TPSA) is 6.48 Å². The highest BCUT2D eigenvalue weighted by atomic mass is 15.1. The summed E-state index contributed by atoms with van der Waals surface area (Å²) in [5, 5.41) is 0. The summed E-state index contributed by atoms with van der Waals surface area (Å²) in [7, 11) is 0. The van der Waals surface area contributed by atoms with E-state index >= 15 is 0 Å². The van der Waals surface area contributed by atoms with Gasteiger partial charge in [0.15, 0.2) is 0 Å².